The van der Waals surface area contributed by atoms with E-state index >= 15 is 0 Å². The van der Waals surface area contributed by atoms with Crippen molar-refractivity contribution in [2.45, 2.75) is 57.8 Å². The van der Waals surface area contributed by atoms with Crippen molar-refractivity contribution in [3.8, 4) is 17.2 Å². The van der Waals surface area contributed by atoms with Gasteiger partial charge in [0, 0.05) is 11.4 Å². The van der Waals surface area contributed by atoms with Crippen LogP contribution in [-0.4, -0.2) is 54.0 Å². The Morgan fingerprint density at radius 1 is 0.533 bits per heavy atom. The van der Waals surface area contributed by atoms with E-state index in [1.165, 1.54) is 24.3 Å². The molecule has 13 heteroatoms. The van der Waals surface area contributed by atoms with E-state index in [0.717, 1.165) is 37.7 Å². The fourth-order valence-corrected chi connectivity index (χ4v) is 5.87. The molecule has 0 aliphatic carbocycles. The molecule has 5 aromatic rings. The summed E-state index contributed by atoms with van der Waals surface area (Å²) in [6.45, 7) is 2.59. The molecule has 5 aromatic carbocycles. The number of nitrogens with one attached hydrogen (secondary N) is 2. The zero-order chi connectivity index (χ0) is 42.7. The number of carbonyl (C=O) groups is 6. The number of benzene rings is 5. The van der Waals surface area contributed by atoms with Gasteiger partial charge in [0.25, 0.3) is 0 Å². The first kappa shape index (κ1) is 43.8. The van der Waals surface area contributed by atoms with Gasteiger partial charge in [0.1, 0.15) is 17.2 Å². The topological polar surface area (TPSA) is 184 Å². The lowest BCUT2D eigenvalue weighted by atomic mass is 9.95. The van der Waals surface area contributed by atoms with Crippen LogP contribution in [0.3, 0.4) is 0 Å². The third kappa shape index (κ3) is 14.3. The van der Waals surface area contributed by atoms with Gasteiger partial charge in [-0.3, -0.25) is 19.2 Å². The van der Waals surface area contributed by atoms with Crippen LogP contribution in [0.5, 0.6) is 17.2 Å². The summed E-state index contributed by atoms with van der Waals surface area (Å²) < 4.78 is 22.1. The van der Waals surface area contributed by atoms with E-state index in [0.29, 0.717) is 58.3 Å². The third-order valence-electron chi connectivity index (χ3n) is 9.15. The van der Waals surface area contributed by atoms with Crippen LogP contribution in [0, 0.1) is 6.92 Å². The number of unbranched alkanes of at least 4 members (excludes halogenated alkanes) is 5. The Bertz CT molecular complexity index is 2210. The van der Waals surface area contributed by atoms with Crippen molar-refractivity contribution in [3.63, 3.8) is 0 Å². The number of esters is 3. The molecule has 0 saturated heterocycles. The van der Waals surface area contributed by atoms with Crippen LogP contribution >= 0.6 is 0 Å². The van der Waals surface area contributed by atoms with E-state index in [1.807, 2.05) is 19.1 Å². The molecule has 0 aliphatic heterocycles. The molecule has 2 amide bonds. The van der Waals surface area contributed by atoms with Gasteiger partial charge in [-0.2, -0.15) is 0 Å². The van der Waals surface area contributed by atoms with Gasteiger partial charge in [0.05, 0.1) is 36.7 Å². The molecule has 1 atom stereocenters. The second kappa shape index (κ2) is 22.6. The van der Waals surface area contributed by atoms with Crippen molar-refractivity contribution in [2.75, 3.05) is 23.8 Å². The van der Waals surface area contributed by atoms with Crippen LogP contribution in [0.15, 0.2) is 127 Å². The van der Waals surface area contributed by atoms with Crippen molar-refractivity contribution in [1.82, 2.24) is 0 Å². The maximum absolute atomic E-state index is 12.9. The van der Waals surface area contributed by atoms with Crippen molar-refractivity contribution in [3.05, 3.63) is 150 Å². The maximum atomic E-state index is 12.9. The van der Waals surface area contributed by atoms with E-state index in [-0.39, 0.29) is 6.61 Å². The SMILES string of the molecule is Cc1ccc(C(=O)Oc2ccc(OC(=O)c3ccc(OCCCCCCCCOC(=O)C(CC(=O)O)c4ccc(NC(=O)C(=O)Nc5ccccc5)cc4)cc3)cc2)cc1. The summed E-state index contributed by atoms with van der Waals surface area (Å²) in [5.74, 6) is -4.34. The highest BCUT2D eigenvalue weighted by Gasteiger charge is 2.25. The molecule has 0 bridgehead atoms. The smallest absolute Gasteiger partial charge is 0.343 e. The van der Waals surface area contributed by atoms with Crippen LogP contribution in [0.4, 0.5) is 11.4 Å². The first-order valence-electron chi connectivity index (χ1n) is 19.5. The molecule has 0 heterocycles. The summed E-state index contributed by atoms with van der Waals surface area (Å²) in [5.41, 5.74) is 3.01. The number of hydrogen-bond donors (Lipinski definition) is 3. The van der Waals surface area contributed by atoms with Crippen LogP contribution in [-0.2, 0) is 23.9 Å². The lowest BCUT2D eigenvalue weighted by Gasteiger charge is -2.15. The highest BCUT2D eigenvalue weighted by atomic mass is 16.5. The zero-order valence-electron chi connectivity index (χ0n) is 33.1. The number of ether oxygens (including phenoxy) is 4. The van der Waals surface area contributed by atoms with Gasteiger partial charge in [0.2, 0.25) is 0 Å². The molecular formula is C47H46N2O11. The average molecular weight is 815 g/mol. The lowest BCUT2D eigenvalue weighted by molar-refractivity contribution is -0.149. The van der Waals surface area contributed by atoms with Crippen molar-refractivity contribution in [2.24, 2.45) is 0 Å². The predicted octanol–water partition coefficient (Wildman–Crippen LogP) is 8.53. The summed E-state index contributed by atoms with van der Waals surface area (Å²) in [4.78, 5) is 74.0. The molecule has 0 aromatic heterocycles. The van der Waals surface area contributed by atoms with Gasteiger partial charge >= 0.3 is 35.7 Å². The van der Waals surface area contributed by atoms with Crippen LogP contribution in [0.2, 0.25) is 0 Å². The molecular weight excluding hydrogens is 769 g/mol. The summed E-state index contributed by atoms with van der Waals surface area (Å²) in [5, 5.41) is 14.4. The number of anilines is 2. The van der Waals surface area contributed by atoms with Crippen molar-refractivity contribution >= 4 is 47.1 Å². The van der Waals surface area contributed by atoms with Gasteiger partial charge in [-0.25, -0.2) is 9.59 Å². The van der Waals surface area contributed by atoms with E-state index in [9.17, 15) is 33.9 Å². The van der Waals surface area contributed by atoms with E-state index in [2.05, 4.69) is 10.6 Å². The minimum atomic E-state index is -1.16. The highest BCUT2D eigenvalue weighted by Crippen LogP contribution is 2.25. The number of carboxylic acid groups (broad SMARTS) is 1. The number of rotatable bonds is 20. The molecule has 0 radical (unpaired) electrons. The normalized spacial score (nSPS) is 11.1. The fourth-order valence-electron chi connectivity index (χ4n) is 5.87. The number of hydrogen-bond acceptors (Lipinski definition) is 10. The van der Waals surface area contributed by atoms with Gasteiger partial charge in [-0.05, 0) is 110 Å². The van der Waals surface area contributed by atoms with Crippen LogP contribution in [0.25, 0.3) is 0 Å². The first-order valence-corrected chi connectivity index (χ1v) is 19.5. The molecule has 1 unspecified atom stereocenters. The highest BCUT2D eigenvalue weighted by molar-refractivity contribution is 6.43. The standard InChI is InChI=1S/C47H46N2O11/c1-32-13-15-34(16-14-32)45(54)59-39-25-27-40(28-26-39)60-46(55)35-19-23-38(24-20-35)57-29-9-4-2-3-5-10-30-58-47(56)41(31-42(50)51)33-17-21-37(22-18-33)49-44(53)43(52)48-36-11-7-6-8-12-36/h6-8,11-28,41H,2-5,9-10,29-31H2,1H3,(H,48,52)(H,49,53)(H,50,51). The van der Waals surface area contributed by atoms with Gasteiger partial charge in [0.15, 0.2) is 0 Å². The predicted molar refractivity (Wildman–Crippen MR) is 223 cm³/mol. The Labute approximate surface area is 347 Å². The Morgan fingerprint density at radius 2 is 1.00 bits per heavy atom. The molecule has 310 valence electrons. The molecule has 5 rings (SSSR count). The summed E-state index contributed by atoms with van der Waals surface area (Å²) in [6, 6.07) is 34.5. The van der Waals surface area contributed by atoms with E-state index < -0.39 is 48.0 Å². The number of carboxylic acids is 1. The minimum absolute atomic E-state index is 0.157. The Morgan fingerprint density at radius 3 is 1.53 bits per heavy atom. The quantitative estimate of drug-likeness (QED) is 0.0296. The first-order chi connectivity index (χ1) is 29.0. The van der Waals surface area contributed by atoms with Gasteiger partial charge in [-0.1, -0.05) is 73.7 Å². The molecule has 13 nitrogen and oxygen atoms in total. The number of aliphatic carboxylic acids is 1. The maximum Gasteiger partial charge on any atom is 0.343 e. The molecule has 0 aliphatic rings. The summed E-state index contributed by atoms with van der Waals surface area (Å²) >= 11 is 0. The van der Waals surface area contributed by atoms with E-state index in [1.54, 1.807) is 91.0 Å². The molecule has 0 saturated carbocycles. The summed E-state index contributed by atoms with van der Waals surface area (Å²) in [6.07, 6.45) is 4.63. The average Bonchev–Trinajstić information content (AvgIpc) is 3.25. The molecule has 0 spiro atoms. The molecule has 60 heavy (non-hydrogen) atoms. The largest absolute Gasteiger partial charge is 0.494 e. The minimum Gasteiger partial charge on any atom is -0.494 e. The molecule has 3 N–H and O–H groups in total. The Balaban J connectivity index is 0.927. The number of carbonyl (C=O) groups excluding carboxylic acids is 5. The van der Waals surface area contributed by atoms with Crippen molar-refractivity contribution < 1.29 is 52.8 Å². The summed E-state index contributed by atoms with van der Waals surface area (Å²) in [7, 11) is 0. The number of para-hydroxylation sites is 1. The second-order valence-corrected chi connectivity index (χ2v) is 13.8. The fraction of sp³-hybridized carbons (Fsp3) is 0.234. The van der Waals surface area contributed by atoms with Gasteiger partial charge in [-0.15, -0.1) is 0 Å². The Kier molecular flexibility index (Phi) is 16.5. The second-order valence-electron chi connectivity index (χ2n) is 13.8. The monoisotopic (exact) mass is 814 g/mol. The van der Waals surface area contributed by atoms with Crippen molar-refractivity contribution in [1.29, 1.82) is 0 Å². The lowest BCUT2D eigenvalue weighted by Crippen LogP contribution is -2.29. The van der Waals surface area contributed by atoms with Crippen LogP contribution in [0.1, 0.15) is 82.7 Å². The van der Waals surface area contributed by atoms with E-state index in [4.69, 9.17) is 18.9 Å². The Hall–Kier alpha value is -7.28. The van der Waals surface area contributed by atoms with Gasteiger partial charge < -0.3 is 34.7 Å². The number of amides is 2. The third-order valence-corrected chi connectivity index (χ3v) is 9.15. The molecule has 0 fully saturated rings. The number of aryl methyl sites for hydroxylation is 1. The zero-order valence-corrected chi connectivity index (χ0v) is 33.1. The van der Waals surface area contributed by atoms with Crippen LogP contribution < -0.4 is 24.8 Å².